The number of carbonyl (C=O) groups is 1. The van der Waals surface area contributed by atoms with E-state index in [1.165, 1.54) is 4.90 Å². The van der Waals surface area contributed by atoms with Gasteiger partial charge < -0.3 is 15.8 Å². The predicted molar refractivity (Wildman–Crippen MR) is 107 cm³/mol. The Balaban J connectivity index is 2.04. The van der Waals surface area contributed by atoms with Crippen LogP contribution in [0, 0.1) is 11.3 Å². The minimum absolute atomic E-state index is 0.0762. The molecule has 2 aromatic carbocycles. The molecule has 142 valence electrons. The number of guanidine groups is 1. The lowest BCUT2D eigenvalue weighted by molar-refractivity contribution is -0.136. The first-order valence-electron chi connectivity index (χ1n) is 8.96. The minimum Gasteiger partial charge on any atom is -0.399 e. The van der Waals surface area contributed by atoms with Crippen LogP contribution in [0.2, 0.25) is 0 Å². The van der Waals surface area contributed by atoms with E-state index in [0.29, 0.717) is 18.7 Å². The summed E-state index contributed by atoms with van der Waals surface area (Å²) in [5.41, 5.74) is 8.92. The van der Waals surface area contributed by atoms with Crippen LogP contribution < -0.4 is 11.1 Å². The Morgan fingerprint density at radius 1 is 1.22 bits per heavy atom. The minimum atomic E-state index is -0.699. The van der Waals surface area contributed by atoms with Crippen molar-refractivity contribution in [2.45, 2.75) is 18.9 Å². The summed E-state index contributed by atoms with van der Waals surface area (Å²) < 4.78 is 5.22. The SMILES string of the molecule is COCC[C@H]1C(=O)N(C)C(=N)N[C@]1(C)c1cccc(-c2cccc(N)c2)c1. The molecule has 27 heavy (non-hydrogen) atoms. The summed E-state index contributed by atoms with van der Waals surface area (Å²) >= 11 is 0. The van der Waals surface area contributed by atoms with Crippen molar-refractivity contribution in [3.8, 4) is 11.1 Å². The molecule has 0 unspecified atom stereocenters. The molecule has 1 aliphatic heterocycles. The molecule has 1 fully saturated rings. The number of anilines is 1. The van der Waals surface area contributed by atoms with Crippen molar-refractivity contribution in [3.05, 3.63) is 54.1 Å². The first-order chi connectivity index (χ1) is 12.9. The maximum absolute atomic E-state index is 12.9. The molecule has 1 aliphatic rings. The molecule has 0 aromatic heterocycles. The quantitative estimate of drug-likeness (QED) is 0.710. The molecule has 1 heterocycles. The molecule has 0 spiro atoms. The lowest BCUT2D eigenvalue weighted by Crippen LogP contribution is -2.63. The lowest BCUT2D eigenvalue weighted by atomic mass is 9.75. The third-order valence-corrected chi connectivity index (χ3v) is 5.33. The van der Waals surface area contributed by atoms with Crippen molar-refractivity contribution < 1.29 is 9.53 Å². The van der Waals surface area contributed by atoms with Gasteiger partial charge in [-0.1, -0.05) is 30.3 Å². The number of nitrogens with one attached hydrogen (secondary N) is 2. The standard InChI is InChI=1S/C21H26N4O2/c1-21(18(10-11-27-3)19(26)25(2)20(23)24-21)16-8-4-6-14(12-16)15-7-5-9-17(22)13-15/h4-9,12-13,18H,10-11,22H2,1-3H3,(H2,23,24)/t18-,21+/m0/s1. The fourth-order valence-electron chi connectivity index (χ4n) is 3.67. The highest BCUT2D eigenvalue weighted by molar-refractivity contribution is 6.00. The van der Waals surface area contributed by atoms with Crippen LogP contribution in [-0.4, -0.2) is 37.5 Å². The number of carbonyl (C=O) groups excluding carboxylic acids is 1. The average molecular weight is 366 g/mol. The molecule has 1 saturated heterocycles. The lowest BCUT2D eigenvalue weighted by Gasteiger charge is -2.45. The summed E-state index contributed by atoms with van der Waals surface area (Å²) in [5.74, 6) is -0.314. The largest absolute Gasteiger partial charge is 0.399 e. The fourth-order valence-corrected chi connectivity index (χ4v) is 3.67. The van der Waals surface area contributed by atoms with Crippen LogP contribution >= 0.6 is 0 Å². The number of nitrogen functional groups attached to an aromatic ring is 1. The van der Waals surface area contributed by atoms with E-state index in [4.69, 9.17) is 15.9 Å². The zero-order valence-electron chi connectivity index (χ0n) is 16.0. The molecule has 2 aromatic rings. The molecular formula is C21H26N4O2. The predicted octanol–water partition coefficient (Wildman–Crippen LogP) is 2.80. The van der Waals surface area contributed by atoms with Gasteiger partial charge >= 0.3 is 0 Å². The van der Waals surface area contributed by atoms with Crippen molar-refractivity contribution in [1.82, 2.24) is 10.2 Å². The van der Waals surface area contributed by atoms with E-state index in [9.17, 15) is 4.79 Å². The Morgan fingerprint density at radius 3 is 2.56 bits per heavy atom. The highest BCUT2D eigenvalue weighted by atomic mass is 16.5. The summed E-state index contributed by atoms with van der Waals surface area (Å²) in [7, 11) is 3.25. The Labute approximate surface area is 159 Å². The molecule has 1 amide bonds. The van der Waals surface area contributed by atoms with Crippen LogP contribution in [0.15, 0.2) is 48.5 Å². The Hall–Kier alpha value is -2.86. The van der Waals surface area contributed by atoms with Crippen molar-refractivity contribution in [2.75, 3.05) is 26.5 Å². The summed E-state index contributed by atoms with van der Waals surface area (Å²) in [6.07, 6.45) is 0.568. The molecule has 0 saturated carbocycles. The van der Waals surface area contributed by atoms with Crippen LogP contribution in [0.5, 0.6) is 0 Å². The van der Waals surface area contributed by atoms with Gasteiger partial charge in [-0.15, -0.1) is 0 Å². The smallest absolute Gasteiger partial charge is 0.234 e. The second kappa shape index (κ2) is 7.40. The topological polar surface area (TPSA) is 91.4 Å². The van der Waals surface area contributed by atoms with Gasteiger partial charge in [0.25, 0.3) is 0 Å². The van der Waals surface area contributed by atoms with Crippen molar-refractivity contribution in [2.24, 2.45) is 5.92 Å². The third-order valence-electron chi connectivity index (χ3n) is 5.33. The van der Waals surface area contributed by atoms with Gasteiger partial charge in [0.2, 0.25) is 5.91 Å². The number of nitrogens with zero attached hydrogens (tertiary/aromatic N) is 1. The van der Waals surface area contributed by atoms with Gasteiger partial charge in [0.05, 0.1) is 11.5 Å². The first kappa shape index (κ1) is 18.9. The monoisotopic (exact) mass is 366 g/mol. The molecular weight excluding hydrogens is 340 g/mol. The molecule has 4 N–H and O–H groups in total. The number of amides is 1. The molecule has 3 rings (SSSR count). The first-order valence-corrected chi connectivity index (χ1v) is 8.96. The molecule has 0 aliphatic carbocycles. The summed E-state index contributed by atoms with van der Waals surface area (Å²) in [4.78, 5) is 14.3. The number of rotatable bonds is 5. The third kappa shape index (κ3) is 3.53. The van der Waals surface area contributed by atoms with Crippen molar-refractivity contribution >= 4 is 17.6 Å². The molecule has 0 bridgehead atoms. The van der Waals surface area contributed by atoms with Gasteiger partial charge in [-0.3, -0.25) is 15.1 Å². The molecule has 2 atom stereocenters. The second-order valence-electron chi connectivity index (χ2n) is 7.11. The number of methoxy groups -OCH3 is 1. The van der Waals surface area contributed by atoms with Gasteiger partial charge in [0, 0.05) is 26.5 Å². The number of hydrogen-bond donors (Lipinski definition) is 3. The maximum Gasteiger partial charge on any atom is 0.234 e. The fraction of sp³-hybridized carbons (Fsp3) is 0.333. The normalized spacial score (nSPS) is 22.6. The Bertz CT molecular complexity index is 867. The highest BCUT2D eigenvalue weighted by Crippen LogP contribution is 2.37. The number of hydrogen-bond acceptors (Lipinski definition) is 4. The zero-order chi connectivity index (χ0) is 19.6. The Morgan fingerprint density at radius 2 is 1.89 bits per heavy atom. The van der Waals surface area contributed by atoms with E-state index in [2.05, 4.69) is 11.4 Å². The average Bonchev–Trinajstić information content (AvgIpc) is 2.66. The van der Waals surface area contributed by atoms with Crippen LogP contribution in [-0.2, 0) is 15.1 Å². The van der Waals surface area contributed by atoms with Crippen molar-refractivity contribution in [3.63, 3.8) is 0 Å². The van der Waals surface area contributed by atoms with E-state index < -0.39 is 5.54 Å². The van der Waals surface area contributed by atoms with E-state index in [0.717, 1.165) is 16.7 Å². The molecule has 6 nitrogen and oxygen atoms in total. The van der Waals surface area contributed by atoms with E-state index in [-0.39, 0.29) is 17.8 Å². The van der Waals surface area contributed by atoms with Crippen LogP contribution in [0.1, 0.15) is 18.9 Å². The van der Waals surface area contributed by atoms with Gasteiger partial charge in [0.15, 0.2) is 5.96 Å². The molecule has 6 heteroatoms. The van der Waals surface area contributed by atoms with Crippen molar-refractivity contribution in [1.29, 1.82) is 5.41 Å². The second-order valence-corrected chi connectivity index (χ2v) is 7.11. The summed E-state index contributed by atoms with van der Waals surface area (Å²) in [6, 6.07) is 15.8. The Kier molecular flexibility index (Phi) is 5.19. The van der Waals surface area contributed by atoms with Gasteiger partial charge in [-0.25, -0.2) is 0 Å². The van der Waals surface area contributed by atoms with Crippen LogP contribution in [0.3, 0.4) is 0 Å². The number of benzene rings is 2. The summed E-state index contributed by atoms with van der Waals surface area (Å²) in [6.45, 7) is 2.45. The van der Waals surface area contributed by atoms with E-state index >= 15 is 0 Å². The van der Waals surface area contributed by atoms with E-state index in [1.807, 2.05) is 49.4 Å². The maximum atomic E-state index is 12.9. The van der Waals surface area contributed by atoms with Gasteiger partial charge in [0.1, 0.15) is 0 Å². The number of ether oxygens (including phenoxy) is 1. The van der Waals surface area contributed by atoms with E-state index in [1.54, 1.807) is 14.2 Å². The number of nitrogens with two attached hydrogens (primary N) is 1. The van der Waals surface area contributed by atoms with Gasteiger partial charge in [-0.05, 0) is 48.2 Å². The molecule has 0 radical (unpaired) electrons. The van der Waals surface area contributed by atoms with Crippen LogP contribution in [0.4, 0.5) is 5.69 Å². The highest BCUT2D eigenvalue weighted by Gasteiger charge is 2.47. The zero-order valence-corrected chi connectivity index (χ0v) is 16.0. The van der Waals surface area contributed by atoms with Crippen LogP contribution in [0.25, 0.3) is 11.1 Å². The van der Waals surface area contributed by atoms with Gasteiger partial charge in [-0.2, -0.15) is 0 Å². The summed E-state index contributed by atoms with van der Waals surface area (Å²) in [5, 5.41) is 11.4.